The predicted molar refractivity (Wildman–Crippen MR) is 100 cm³/mol. The maximum absolute atomic E-state index is 12.9. The van der Waals surface area contributed by atoms with Gasteiger partial charge in [0.1, 0.15) is 0 Å². The molecule has 25 heavy (non-hydrogen) atoms. The molecule has 0 bridgehead atoms. The maximum atomic E-state index is 12.9. The van der Waals surface area contributed by atoms with E-state index in [-0.39, 0.29) is 11.3 Å². The first-order valence-electron chi connectivity index (χ1n) is 9.04. The van der Waals surface area contributed by atoms with Crippen molar-refractivity contribution in [3.05, 3.63) is 29.8 Å². The van der Waals surface area contributed by atoms with Gasteiger partial charge in [0.25, 0.3) is 0 Å². The quantitative estimate of drug-likeness (QED) is 0.823. The van der Waals surface area contributed by atoms with Crippen LogP contribution >= 0.6 is 0 Å². The van der Waals surface area contributed by atoms with E-state index in [9.17, 15) is 13.2 Å². The minimum Gasteiger partial charge on any atom is -0.341 e. The molecule has 1 aromatic rings. The zero-order valence-corrected chi connectivity index (χ0v) is 16.6. The fraction of sp³-hybridized carbons (Fsp3) is 0.632. The van der Waals surface area contributed by atoms with Gasteiger partial charge in [0.2, 0.25) is 15.9 Å². The fourth-order valence-corrected chi connectivity index (χ4v) is 4.50. The zero-order valence-electron chi connectivity index (χ0n) is 15.8. The molecule has 0 N–H and O–H groups in total. The average Bonchev–Trinajstić information content (AvgIpc) is 2.81. The number of hydrogen-bond acceptors (Lipinski definition) is 3. The highest BCUT2D eigenvalue weighted by Gasteiger charge is 2.28. The van der Waals surface area contributed by atoms with Gasteiger partial charge in [0, 0.05) is 32.6 Å². The Morgan fingerprint density at radius 2 is 1.68 bits per heavy atom. The highest BCUT2D eigenvalue weighted by molar-refractivity contribution is 7.89. The molecule has 0 aliphatic carbocycles. The lowest BCUT2D eigenvalue weighted by molar-refractivity contribution is -0.131. The molecule has 2 rings (SSSR count). The van der Waals surface area contributed by atoms with Crippen LogP contribution in [0.1, 0.15) is 52.5 Å². The zero-order chi connectivity index (χ0) is 18.7. The molecule has 1 saturated heterocycles. The number of nitrogens with zero attached hydrogens (tertiary/aromatic N) is 2. The molecule has 0 atom stereocenters. The number of sulfonamides is 1. The van der Waals surface area contributed by atoms with Gasteiger partial charge in [-0.05, 0) is 36.0 Å². The van der Waals surface area contributed by atoms with Gasteiger partial charge in [-0.1, -0.05) is 39.8 Å². The number of carbonyl (C=O) groups is 1. The lowest BCUT2D eigenvalue weighted by Gasteiger charge is -2.23. The Morgan fingerprint density at radius 1 is 1.04 bits per heavy atom. The third kappa shape index (κ3) is 4.82. The number of benzene rings is 1. The molecule has 0 spiro atoms. The van der Waals surface area contributed by atoms with E-state index in [1.165, 1.54) is 4.31 Å². The molecule has 1 fully saturated rings. The van der Waals surface area contributed by atoms with Crippen LogP contribution in [0.15, 0.2) is 29.2 Å². The van der Waals surface area contributed by atoms with Crippen LogP contribution in [0.3, 0.4) is 0 Å². The molecule has 6 heteroatoms. The molecule has 1 heterocycles. The summed E-state index contributed by atoms with van der Waals surface area (Å²) in [5.41, 5.74) is 1.10. The van der Waals surface area contributed by atoms with E-state index < -0.39 is 10.0 Å². The Kier molecular flexibility index (Phi) is 6.27. The molecule has 0 radical (unpaired) electrons. The summed E-state index contributed by atoms with van der Waals surface area (Å²) < 4.78 is 27.4. The first-order chi connectivity index (χ1) is 11.7. The summed E-state index contributed by atoms with van der Waals surface area (Å²) in [7, 11) is -3.51. The van der Waals surface area contributed by atoms with E-state index in [0.717, 1.165) is 12.0 Å². The summed E-state index contributed by atoms with van der Waals surface area (Å²) in [6.07, 6.45) is 2.02. The molecule has 1 aromatic carbocycles. The SMILES string of the molecule is CCCC(=O)N1CCCN(S(=O)(=O)c2ccc(C(C)(C)C)cc2)CC1. The van der Waals surface area contributed by atoms with Crippen LogP contribution in [-0.2, 0) is 20.2 Å². The summed E-state index contributed by atoms with van der Waals surface area (Å²) in [5, 5.41) is 0. The minimum absolute atomic E-state index is 0.00889. The monoisotopic (exact) mass is 366 g/mol. The van der Waals surface area contributed by atoms with Crippen LogP contribution in [0.5, 0.6) is 0 Å². The van der Waals surface area contributed by atoms with Crippen LogP contribution in [0.25, 0.3) is 0 Å². The van der Waals surface area contributed by atoms with Crippen molar-refractivity contribution in [3.8, 4) is 0 Å². The second kappa shape index (κ2) is 7.87. The van der Waals surface area contributed by atoms with E-state index in [1.807, 2.05) is 19.1 Å². The van der Waals surface area contributed by atoms with Gasteiger partial charge in [-0.25, -0.2) is 8.42 Å². The Hall–Kier alpha value is -1.40. The Bertz CT molecular complexity index is 690. The highest BCUT2D eigenvalue weighted by atomic mass is 32.2. The van der Waals surface area contributed by atoms with Crippen LogP contribution in [0.2, 0.25) is 0 Å². The smallest absolute Gasteiger partial charge is 0.243 e. The van der Waals surface area contributed by atoms with Crippen LogP contribution in [0, 0.1) is 0 Å². The van der Waals surface area contributed by atoms with Crippen LogP contribution in [0.4, 0.5) is 0 Å². The fourth-order valence-electron chi connectivity index (χ4n) is 3.03. The van der Waals surface area contributed by atoms with Gasteiger partial charge in [-0.3, -0.25) is 4.79 Å². The van der Waals surface area contributed by atoms with E-state index >= 15 is 0 Å². The molecule has 1 aliphatic heterocycles. The van der Waals surface area contributed by atoms with Crippen molar-refractivity contribution in [3.63, 3.8) is 0 Å². The van der Waals surface area contributed by atoms with Gasteiger partial charge < -0.3 is 4.90 Å². The third-order valence-corrected chi connectivity index (χ3v) is 6.54. The maximum Gasteiger partial charge on any atom is 0.243 e. The van der Waals surface area contributed by atoms with Crippen LogP contribution < -0.4 is 0 Å². The van der Waals surface area contributed by atoms with E-state index in [1.54, 1.807) is 17.0 Å². The van der Waals surface area contributed by atoms with Crippen molar-refractivity contribution < 1.29 is 13.2 Å². The average molecular weight is 367 g/mol. The Balaban J connectivity index is 2.13. The number of carbonyl (C=O) groups excluding carboxylic acids is 1. The van der Waals surface area contributed by atoms with Crippen molar-refractivity contribution >= 4 is 15.9 Å². The van der Waals surface area contributed by atoms with Gasteiger partial charge in [0.15, 0.2) is 0 Å². The second-order valence-electron chi connectivity index (χ2n) is 7.66. The van der Waals surface area contributed by atoms with Crippen molar-refractivity contribution in [2.24, 2.45) is 0 Å². The predicted octanol–water partition coefficient (Wildman–Crippen LogP) is 3.01. The lowest BCUT2D eigenvalue weighted by Crippen LogP contribution is -2.37. The highest BCUT2D eigenvalue weighted by Crippen LogP contribution is 2.25. The number of hydrogen-bond donors (Lipinski definition) is 0. The van der Waals surface area contributed by atoms with E-state index in [4.69, 9.17) is 0 Å². The third-order valence-electron chi connectivity index (χ3n) is 4.63. The summed E-state index contributed by atoms with van der Waals surface area (Å²) in [6, 6.07) is 7.17. The molecule has 1 aliphatic rings. The largest absolute Gasteiger partial charge is 0.341 e. The van der Waals surface area contributed by atoms with Crippen molar-refractivity contribution in [2.75, 3.05) is 26.2 Å². The standard InChI is InChI=1S/C19H30N2O3S/c1-5-7-18(22)20-12-6-13-21(15-14-20)25(23,24)17-10-8-16(9-11-17)19(2,3)4/h8-11H,5-7,12-15H2,1-4H3. The summed E-state index contributed by atoms with van der Waals surface area (Å²) >= 11 is 0. The Labute approximate surface area is 152 Å². The molecule has 5 nitrogen and oxygen atoms in total. The first-order valence-corrected chi connectivity index (χ1v) is 10.5. The van der Waals surface area contributed by atoms with Crippen molar-refractivity contribution in [1.29, 1.82) is 0 Å². The second-order valence-corrected chi connectivity index (χ2v) is 9.60. The molecule has 0 aromatic heterocycles. The number of amides is 1. The normalized spacial score (nSPS) is 17.4. The molecule has 140 valence electrons. The molecule has 0 saturated carbocycles. The van der Waals surface area contributed by atoms with E-state index in [2.05, 4.69) is 20.8 Å². The van der Waals surface area contributed by atoms with E-state index in [0.29, 0.717) is 43.9 Å². The van der Waals surface area contributed by atoms with Crippen molar-refractivity contribution in [2.45, 2.75) is 57.3 Å². The van der Waals surface area contributed by atoms with Gasteiger partial charge in [0.05, 0.1) is 4.90 Å². The Morgan fingerprint density at radius 3 is 2.24 bits per heavy atom. The molecular formula is C19H30N2O3S. The lowest BCUT2D eigenvalue weighted by atomic mass is 9.87. The summed E-state index contributed by atoms with van der Waals surface area (Å²) in [5.74, 6) is 0.122. The molecule has 0 unspecified atom stereocenters. The first kappa shape index (κ1) is 19.9. The summed E-state index contributed by atoms with van der Waals surface area (Å²) in [6.45, 7) is 10.2. The molecule has 1 amide bonds. The summed E-state index contributed by atoms with van der Waals surface area (Å²) in [4.78, 5) is 14.2. The van der Waals surface area contributed by atoms with Gasteiger partial charge >= 0.3 is 0 Å². The van der Waals surface area contributed by atoms with Crippen LogP contribution in [-0.4, -0.2) is 49.7 Å². The van der Waals surface area contributed by atoms with Crippen molar-refractivity contribution in [1.82, 2.24) is 9.21 Å². The minimum atomic E-state index is -3.51. The number of rotatable bonds is 4. The molecular weight excluding hydrogens is 336 g/mol. The van der Waals surface area contributed by atoms with Gasteiger partial charge in [-0.2, -0.15) is 4.31 Å². The van der Waals surface area contributed by atoms with Gasteiger partial charge in [-0.15, -0.1) is 0 Å². The topological polar surface area (TPSA) is 57.7 Å².